The van der Waals surface area contributed by atoms with Gasteiger partial charge in [0, 0.05) is 25.7 Å². The van der Waals surface area contributed by atoms with Gasteiger partial charge in [-0.05, 0) is 37.0 Å². The number of likely N-dealkylation sites (tertiary alicyclic amines) is 1. The van der Waals surface area contributed by atoms with Gasteiger partial charge in [-0.15, -0.1) is 0 Å². The number of halogens is 2. The highest BCUT2D eigenvalue weighted by atomic mass is 35.5. The number of nitrogens with zero attached hydrogens (tertiary/aromatic N) is 1. The number of hydrogen-bond donors (Lipinski definition) is 3. The third kappa shape index (κ3) is 6.03. The molecule has 0 bridgehead atoms. The van der Waals surface area contributed by atoms with E-state index in [0.29, 0.717) is 21.4 Å². The van der Waals surface area contributed by atoms with E-state index in [1.54, 1.807) is 12.1 Å². The molecule has 0 aromatic heterocycles. The Morgan fingerprint density at radius 2 is 1.82 bits per heavy atom. The lowest BCUT2D eigenvalue weighted by Gasteiger charge is -2.32. The predicted octanol–water partition coefficient (Wildman–Crippen LogP) is 3.81. The van der Waals surface area contributed by atoms with Crippen molar-refractivity contribution in [2.75, 3.05) is 37.2 Å². The Labute approximate surface area is 176 Å². The van der Waals surface area contributed by atoms with E-state index in [2.05, 4.69) is 39.8 Å². The molecule has 1 aliphatic rings. The molecule has 28 heavy (non-hydrogen) atoms. The zero-order chi connectivity index (χ0) is 19.9. The topological polar surface area (TPSA) is 70.4 Å². The molecule has 5 nitrogen and oxygen atoms in total. The molecule has 1 amide bonds. The summed E-state index contributed by atoms with van der Waals surface area (Å²) in [5, 5.41) is 6.98. The Kier molecular flexibility index (Phi) is 7.43. The molecule has 1 heterocycles. The van der Waals surface area contributed by atoms with E-state index >= 15 is 0 Å². The highest BCUT2D eigenvalue weighted by molar-refractivity contribution is 6.37. The first-order valence-corrected chi connectivity index (χ1v) is 10.3. The van der Waals surface area contributed by atoms with Crippen LogP contribution in [-0.2, 0) is 11.2 Å². The summed E-state index contributed by atoms with van der Waals surface area (Å²) in [6, 6.07) is 14.0. The van der Waals surface area contributed by atoms with Crippen LogP contribution in [0.5, 0.6) is 0 Å². The van der Waals surface area contributed by atoms with Crippen molar-refractivity contribution in [2.24, 2.45) is 0 Å². The first-order chi connectivity index (χ1) is 13.5. The Balaban J connectivity index is 1.37. The second-order valence-corrected chi connectivity index (χ2v) is 7.94. The Bertz CT molecular complexity index is 792. The summed E-state index contributed by atoms with van der Waals surface area (Å²) < 4.78 is 0. The van der Waals surface area contributed by atoms with Crippen molar-refractivity contribution in [3.8, 4) is 0 Å². The molecule has 0 unspecified atom stereocenters. The van der Waals surface area contributed by atoms with E-state index in [9.17, 15) is 4.79 Å². The lowest BCUT2D eigenvalue weighted by molar-refractivity contribution is -0.120. The third-order valence-corrected chi connectivity index (χ3v) is 5.68. The number of anilines is 2. The summed E-state index contributed by atoms with van der Waals surface area (Å²) in [5.41, 5.74) is 8.09. The van der Waals surface area contributed by atoms with Gasteiger partial charge in [0.05, 0.1) is 28.0 Å². The highest BCUT2D eigenvalue weighted by Crippen LogP contribution is 2.30. The minimum atomic E-state index is -0.0493. The number of nitrogens with one attached hydrogen (secondary N) is 2. The fraction of sp³-hybridized carbons (Fsp3) is 0.381. The van der Waals surface area contributed by atoms with Crippen LogP contribution >= 0.6 is 23.2 Å². The van der Waals surface area contributed by atoms with Crippen LogP contribution in [0.1, 0.15) is 18.4 Å². The number of rotatable bonds is 7. The quantitative estimate of drug-likeness (QED) is 0.595. The summed E-state index contributed by atoms with van der Waals surface area (Å²) in [5.74, 6) is -0.0493. The standard InChI is InChI=1S/C21H26Cl2N4O/c22-17-13-20(18(23)12-19(17)24)25-14-21(28)26-16-7-10-27(11-8-16)9-6-15-4-2-1-3-5-15/h1-5,12-13,16,25H,6-11,14,24H2,(H,26,28). The average molecular weight is 421 g/mol. The Morgan fingerprint density at radius 1 is 1.11 bits per heavy atom. The normalized spacial score (nSPS) is 15.4. The minimum absolute atomic E-state index is 0.0493. The first-order valence-electron chi connectivity index (χ1n) is 9.55. The maximum atomic E-state index is 12.3. The van der Waals surface area contributed by atoms with Gasteiger partial charge in [0.1, 0.15) is 0 Å². The molecule has 0 aliphatic carbocycles. The van der Waals surface area contributed by atoms with Gasteiger partial charge < -0.3 is 21.3 Å². The zero-order valence-electron chi connectivity index (χ0n) is 15.8. The van der Waals surface area contributed by atoms with Crippen molar-refractivity contribution in [2.45, 2.75) is 25.3 Å². The molecule has 0 radical (unpaired) electrons. The summed E-state index contributed by atoms with van der Waals surface area (Å²) in [6.45, 7) is 3.21. The van der Waals surface area contributed by atoms with Crippen molar-refractivity contribution in [3.05, 3.63) is 58.1 Å². The van der Waals surface area contributed by atoms with Gasteiger partial charge in [-0.2, -0.15) is 0 Å². The van der Waals surface area contributed by atoms with Crippen molar-refractivity contribution >= 4 is 40.5 Å². The van der Waals surface area contributed by atoms with Crippen LogP contribution in [-0.4, -0.2) is 43.0 Å². The van der Waals surface area contributed by atoms with E-state index in [4.69, 9.17) is 28.9 Å². The predicted molar refractivity (Wildman–Crippen MR) is 117 cm³/mol. The number of hydrogen-bond acceptors (Lipinski definition) is 4. The van der Waals surface area contributed by atoms with E-state index < -0.39 is 0 Å². The molecule has 0 atom stereocenters. The largest absolute Gasteiger partial charge is 0.397 e. The van der Waals surface area contributed by atoms with E-state index in [1.807, 2.05) is 6.07 Å². The molecule has 1 fully saturated rings. The Hall–Kier alpha value is -1.95. The van der Waals surface area contributed by atoms with Crippen molar-refractivity contribution in [1.82, 2.24) is 10.2 Å². The molecule has 2 aromatic rings. The summed E-state index contributed by atoms with van der Waals surface area (Å²) in [4.78, 5) is 14.7. The molecular weight excluding hydrogens is 395 g/mol. The van der Waals surface area contributed by atoms with E-state index in [-0.39, 0.29) is 18.5 Å². The van der Waals surface area contributed by atoms with Gasteiger partial charge in [0.25, 0.3) is 0 Å². The smallest absolute Gasteiger partial charge is 0.239 e. The Morgan fingerprint density at radius 3 is 2.54 bits per heavy atom. The first kappa shape index (κ1) is 20.8. The van der Waals surface area contributed by atoms with Crippen LogP contribution in [0.15, 0.2) is 42.5 Å². The van der Waals surface area contributed by atoms with Gasteiger partial charge in [0.2, 0.25) is 5.91 Å². The number of nitrogen functional groups attached to an aromatic ring is 1. The summed E-state index contributed by atoms with van der Waals surface area (Å²) in [7, 11) is 0. The summed E-state index contributed by atoms with van der Waals surface area (Å²) in [6.07, 6.45) is 3.00. The van der Waals surface area contributed by atoms with Crippen LogP contribution in [0.4, 0.5) is 11.4 Å². The number of piperidine rings is 1. The molecule has 2 aromatic carbocycles. The van der Waals surface area contributed by atoms with Crippen LogP contribution in [0.25, 0.3) is 0 Å². The van der Waals surface area contributed by atoms with E-state index in [1.165, 1.54) is 5.56 Å². The molecule has 1 saturated heterocycles. The number of benzene rings is 2. The third-order valence-electron chi connectivity index (χ3n) is 5.04. The van der Waals surface area contributed by atoms with Gasteiger partial charge in [0.15, 0.2) is 0 Å². The zero-order valence-corrected chi connectivity index (χ0v) is 17.3. The number of carbonyl (C=O) groups excluding carboxylic acids is 1. The maximum Gasteiger partial charge on any atom is 0.239 e. The SMILES string of the molecule is Nc1cc(Cl)c(NCC(=O)NC2CCN(CCc3ccccc3)CC2)cc1Cl. The molecule has 1 aliphatic heterocycles. The van der Waals surface area contributed by atoms with Crippen LogP contribution in [0.2, 0.25) is 10.0 Å². The number of nitrogens with two attached hydrogens (primary N) is 1. The van der Waals surface area contributed by atoms with Crippen LogP contribution < -0.4 is 16.4 Å². The molecule has 4 N–H and O–H groups in total. The van der Waals surface area contributed by atoms with Crippen molar-refractivity contribution in [1.29, 1.82) is 0 Å². The van der Waals surface area contributed by atoms with Crippen molar-refractivity contribution in [3.63, 3.8) is 0 Å². The second-order valence-electron chi connectivity index (χ2n) is 7.13. The monoisotopic (exact) mass is 420 g/mol. The molecule has 7 heteroatoms. The van der Waals surface area contributed by atoms with E-state index in [0.717, 1.165) is 38.9 Å². The van der Waals surface area contributed by atoms with Crippen molar-refractivity contribution < 1.29 is 4.79 Å². The maximum absolute atomic E-state index is 12.3. The average Bonchev–Trinajstić information content (AvgIpc) is 2.70. The van der Waals surface area contributed by atoms with Gasteiger partial charge in [-0.25, -0.2) is 0 Å². The minimum Gasteiger partial charge on any atom is -0.397 e. The highest BCUT2D eigenvalue weighted by Gasteiger charge is 2.20. The lowest BCUT2D eigenvalue weighted by atomic mass is 10.0. The molecule has 150 valence electrons. The fourth-order valence-corrected chi connectivity index (χ4v) is 3.79. The van der Waals surface area contributed by atoms with Gasteiger partial charge in [-0.3, -0.25) is 4.79 Å². The number of carbonyl (C=O) groups is 1. The van der Waals surface area contributed by atoms with Crippen LogP contribution in [0, 0.1) is 0 Å². The van der Waals surface area contributed by atoms with Crippen LogP contribution in [0.3, 0.4) is 0 Å². The molecule has 3 rings (SSSR count). The lowest BCUT2D eigenvalue weighted by Crippen LogP contribution is -2.46. The number of amides is 1. The molecule has 0 saturated carbocycles. The molecular formula is C21H26Cl2N4O. The summed E-state index contributed by atoms with van der Waals surface area (Å²) >= 11 is 12.1. The van der Waals surface area contributed by atoms with Gasteiger partial charge >= 0.3 is 0 Å². The fourth-order valence-electron chi connectivity index (χ4n) is 3.38. The molecule has 0 spiro atoms. The second kappa shape index (κ2) is 10.0. The van der Waals surface area contributed by atoms with Gasteiger partial charge in [-0.1, -0.05) is 53.5 Å².